The summed E-state index contributed by atoms with van der Waals surface area (Å²) >= 11 is 1.52. The monoisotopic (exact) mass is 301 g/mol. The number of benzene rings is 1. The van der Waals surface area contributed by atoms with E-state index in [4.69, 9.17) is 5.73 Å². The topological polar surface area (TPSA) is 50.9 Å². The number of hydrogen-bond donors (Lipinski definition) is 2. The highest BCUT2D eigenvalue weighted by Crippen LogP contribution is 2.36. The van der Waals surface area contributed by atoms with Crippen LogP contribution in [-0.2, 0) is 12.6 Å². The van der Waals surface area contributed by atoms with Crippen LogP contribution in [0.15, 0.2) is 23.6 Å². The first-order chi connectivity index (χ1) is 9.36. The molecule has 0 atom stereocenters. The molecule has 3 nitrogen and oxygen atoms in total. The molecule has 0 radical (unpaired) electrons. The molecule has 1 aromatic carbocycles. The van der Waals surface area contributed by atoms with Gasteiger partial charge in [-0.1, -0.05) is 0 Å². The second-order valence-electron chi connectivity index (χ2n) is 4.34. The van der Waals surface area contributed by atoms with Gasteiger partial charge in [0, 0.05) is 29.7 Å². The maximum atomic E-state index is 12.9. The minimum Gasteiger partial charge on any atom is -0.399 e. The molecule has 0 saturated carbocycles. The smallest absolute Gasteiger partial charge is 0.399 e. The molecule has 0 bridgehead atoms. The van der Waals surface area contributed by atoms with E-state index in [1.165, 1.54) is 23.5 Å². The average Bonchev–Trinajstić information content (AvgIpc) is 2.76. The predicted octanol–water partition coefficient (Wildman–Crippen LogP) is 3.71. The molecule has 0 aliphatic rings. The van der Waals surface area contributed by atoms with Crippen LogP contribution in [0.5, 0.6) is 0 Å². The van der Waals surface area contributed by atoms with Gasteiger partial charge in [-0.2, -0.15) is 13.2 Å². The normalized spacial score (nSPS) is 11.6. The summed E-state index contributed by atoms with van der Waals surface area (Å²) in [4.78, 5) is 4.26. The van der Waals surface area contributed by atoms with Crippen molar-refractivity contribution in [1.29, 1.82) is 0 Å². The van der Waals surface area contributed by atoms with Crippen molar-refractivity contribution >= 4 is 22.7 Å². The Labute approximate surface area is 118 Å². The Balaban J connectivity index is 2.06. The zero-order chi connectivity index (χ0) is 14.8. The van der Waals surface area contributed by atoms with Gasteiger partial charge in [-0.05, 0) is 25.1 Å². The minimum absolute atomic E-state index is 0.0404. The van der Waals surface area contributed by atoms with Crippen molar-refractivity contribution in [1.82, 2.24) is 4.98 Å². The number of nitrogens with two attached hydrogens (primary N) is 1. The van der Waals surface area contributed by atoms with Gasteiger partial charge in [-0.3, -0.25) is 0 Å². The summed E-state index contributed by atoms with van der Waals surface area (Å²) < 4.78 is 38.6. The average molecular weight is 301 g/mol. The number of nitrogens with one attached hydrogen (secondary N) is 1. The molecule has 0 aliphatic carbocycles. The first kappa shape index (κ1) is 14.6. The fourth-order valence-corrected chi connectivity index (χ4v) is 2.45. The third-order valence-corrected chi connectivity index (χ3v) is 3.53. The van der Waals surface area contributed by atoms with Crippen LogP contribution in [0, 0.1) is 6.92 Å². The van der Waals surface area contributed by atoms with E-state index >= 15 is 0 Å². The Bertz CT molecular complexity index is 593. The molecule has 2 rings (SSSR count). The van der Waals surface area contributed by atoms with Crippen LogP contribution in [0.3, 0.4) is 0 Å². The van der Waals surface area contributed by atoms with Crippen LogP contribution in [-0.4, -0.2) is 11.5 Å². The van der Waals surface area contributed by atoms with E-state index in [2.05, 4.69) is 10.3 Å². The van der Waals surface area contributed by atoms with Crippen molar-refractivity contribution in [3.05, 3.63) is 39.8 Å². The number of aromatic nitrogens is 1. The highest BCUT2D eigenvalue weighted by Gasteiger charge is 2.33. The number of halogens is 3. The van der Waals surface area contributed by atoms with E-state index in [1.54, 1.807) is 0 Å². The van der Waals surface area contributed by atoms with Gasteiger partial charge in [0.1, 0.15) is 0 Å². The van der Waals surface area contributed by atoms with Gasteiger partial charge in [0.15, 0.2) is 0 Å². The highest BCUT2D eigenvalue weighted by molar-refractivity contribution is 7.09. The first-order valence-electron chi connectivity index (χ1n) is 5.98. The van der Waals surface area contributed by atoms with E-state index in [0.29, 0.717) is 13.0 Å². The Morgan fingerprint density at radius 1 is 1.35 bits per heavy atom. The quantitative estimate of drug-likeness (QED) is 0.846. The lowest BCUT2D eigenvalue weighted by atomic mass is 10.1. The Hall–Kier alpha value is -1.76. The predicted molar refractivity (Wildman–Crippen MR) is 74.9 cm³/mol. The van der Waals surface area contributed by atoms with E-state index in [-0.39, 0.29) is 11.4 Å². The summed E-state index contributed by atoms with van der Waals surface area (Å²) in [5.41, 5.74) is 5.68. The molecular weight excluding hydrogens is 287 g/mol. The van der Waals surface area contributed by atoms with Gasteiger partial charge in [-0.25, -0.2) is 4.98 Å². The van der Waals surface area contributed by atoms with E-state index in [9.17, 15) is 13.2 Å². The zero-order valence-electron chi connectivity index (χ0n) is 10.8. The Kier molecular flexibility index (Phi) is 4.17. The van der Waals surface area contributed by atoms with Crippen molar-refractivity contribution in [3.8, 4) is 0 Å². The first-order valence-corrected chi connectivity index (χ1v) is 6.86. The van der Waals surface area contributed by atoms with Gasteiger partial charge in [-0.15, -0.1) is 11.3 Å². The fourth-order valence-electron chi connectivity index (χ4n) is 1.80. The van der Waals surface area contributed by atoms with Crippen molar-refractivity contribution in [3.63, 3.8) is 0 Å². The summed E-state index contributed by atoms with van der Waals surface area (Å²) in [7, 11) is 0. The number of nitrogen functional groups attached to an aromatic ring is 1. The summed E-state index contributed by atoms with van der Waals surface area (Å²) in [6, 6.07) is 3.74. The molecule has 0 aliphatic heterocycles. The number of hydrogen-bond acceptors (Lipinski definition) is 4. The van der Waals surface area contributed by atoms with E-state index < -0.39 is 11.7 Å². The molecule has 0 spiro atoms. The molecule has 3 N–H and O–H groups in total. The Morgan fingerprint density at radius 3 is 2.70 bits per heavy atom. The third-order valence-electron chi connectivity index (χ3n) is 2.71. The summed E-state index contributed by atoms with van der Waals surface area (Å²) in [5.74, 6) is 0. The lowest BCUT2D eigenvalue weighted by Gasteiger charge is -2.14. The second kappa shape index (κ2) is 5.70. The standard InChI is InChI=1S/C13H14F3N3S/c1-8-19-10(7-20-8)4-5-18-12-3-2-9(17)6-11(12)13(14,15)16/h2-3,6-7,18H,4-5,17H2,1H3. The highest BCUT2D eigenvalue weighted by atomic mass is 32.1. The fraction of sp³-hybridized carbons (Fsp3) is 0.308. The van der Waals surface area contributed by atoms with Crippen LogP contribution in [0.4, 0.5) is 24.5 Å². The van der Waals surface area contributed by atoms with Crippen molar-refractivity contribution < 1.29 is 13.2 Å². The SMILES string of the molecule is Cc1nc(CCNc2ccc(N)cc2C(F)(F)F)cs1. The number of aryl methyl sites for hydroxylation is 1. The van der Waals surface area contributed by atoms with E-state index in [0.717, 1.165) is 16.8 Å². The molecule has 108 valence electrons. The molecule has 0 fully saturated rings. The summed E-state index contributed by atoms with van der Waals surface area (Å²) in [6.45, 7) is 2.28. The van der Waals surface area contributed by atoms with Crippen molar-refractivity contribution in [2.45, 2.75) is 19.5 Å². The van der Waals surface area contributed by atoms with Crippen LogP contribution in [0.2, 0.25) is 0 Å². The van der Waals surface area contributed by atoms with Gasteiger partial charge in [0.25, 0.3) is 0 Å². The molecule has 0 amide bonds. The van der Waals surface area contributed by atoms with Gasteiger partial charge < -0.3 is 11.1 Å². The molecular formula is C13H14F3N3S. The molecule has 20 heavy (non-hydrogen) atoms. The Morgan fingerprint density at radius 2 is 2.10 bits per heavy atom. The van der Waals surface area contributed by atoms with Crippen LogP contribution in [0.1, 0.15) is 16.3 Å². The zero-order valence-corrected chi connectivity index (χ0v) is 11.6. The van der Waals surface area contributed by atoms with Crippen molar-refractivity contribution in [2.75, 3.05) is 17.6 Å². The van der Waals surface area contributed by atoms with Gasteiger partial charge in [0.05, 0.1) is 16.3 Å². The molecule has 0 unspecified atom stereocenters. The number of thiazole rings is 1. The molecule has 2 aromatic rings. The van der Waals surface area contributed by atoms with Crippen LogP contribution >= 0.6 is 11.3 Å². The van der Waals surface area contributed by atoms with Crippen molar-refractivity contribution in [2.24, 2.45) is 0 Å². The van der Waals surface area contributed by atoms with Gasteiger partial charge >= 0.3 is 6.18 Å². The van der Waals surface area contributed by atoms with E-state index in [1.807, 2.05) is 12.3 Å². The second-order valence-corrected chi connectivity index (χ2v) is 5.40. The largest absolute Gasteiger partial charge is 0.418 e. The van der Waals surface area contributed by atoms with Gasteiger partial charge in [0.2, 0.25) is 0 Å². The summed E-state index contributed by atoms with van der Waals surface area (Å²) in [6.07, 6.45) is -3.85. The van der Waals surface area contributed by atoms with Crippen LogP contribution in [0.25, 0.3) is 0 Å². The minimum atomic E-state index is -4.42. The molecule has 0 saturated heterocycles. The number of anilines is 2. The maximum Gasteiger partial charge on any atom is 0.418 e. The number of rotatable bonds is 4. The number of alkyl halides is 3. The summed E-state index contributed by atoms with van der Waals surface area (Å²) in [5, 5.41) is 5.65. The lowest BCUT2D eigenvalue weighted by molar-refractivity contribution is -0.136. The molecule has 1 aromatic heterocycles. The van der Waals surface area contributed by atoms with Crippen LogP contribution < -0.4 is 11.1 Å². The lowest BCUT2D eigenvalue weighted by Crippen LogP contribution is -2.13. The maximum absolute atomic E-state index is 12.9. The number of nitrogens with zero attached hydrogens (tertiary/aromatic N) is 1. The molecule has 1 heterocycles. The third kappa shape index (κ3) is 3.63. The molecule has 7 heteroatoms.